The fourth-order valence-corrected chi connectivity index (χ4v) is 4.59. The molecule has 3 fully saturated rings. The lowest BCUT2D eigenvalue weighted by atomic mass is 9.93. The molecule has 12 heteroatoms. The van der Waals surface area contributed by atoms with Gasteiger partial charge < -0.3 is 19.6 Å². The van der Waals surface area contributed by atoms with Crippen LogP contribution in [0.2, 0.25) is 0 Å². The first kappa shape index (κ1) is 21.6. The molecule has 3 aliphatic rings. The number of aliphatic carboxylic acids is 1. The molecule has 2 N–H and O–H groups in total. The van der Waals surface area contributed by atoms with Gasteiger partial charge in [0.2, 0.25) is 5.95 Å². The molecule has 0 saturated carbocycles. The standard InChI is InChI=1S/C19H30N6O6/c26-16(27)13-23-9-7-22(8-10-23)11-15-12-25(19(29)30-15)6-3-14-1-4-24(5-2-14)17-20-18(28)31-21-17/h14-15H,1-13H2,(H,26,27)(H,20,21,28). The number of H-pyrrole nitrogens is 1. The molecule has 1 amide bonds. The number of carboxylic acid groups (broad SMARTS) is 1. The van der Waals surface area contributed by atoms with E-state index in [2.05, 4.69) is 19.6 Å². The number of amides is 1. The Labute approximate surface area is 179 Å². The normalized spacial score (nSPS) is 24.0. The van der Waals surface area contributed by atoms with Crippen LogP contribution in [0.5, 0.6) is 0 Å². The van der Waals surface area contributed by atoms with Crippen molar-refractivity contribution in [2.75, 3.05) is 70.3 Å². The van der Waals surface area contributed by atoms with E-state index in [0.717, 1.165) is 58.5 Å². The number of anilines is 1. The minimum Gasteiger partial charge on any atom is -0.480 e. The second-order valence-electron chi connectivity index (χ2n) is 8.56. The van der Waals surface area contributed by atoms with E-state index in [-0.39, 0.29) is 18.7 Å². The average molecular weight is 438 g/mol. The van der Waals surface area contributed by atoms with E-state index < -0.39 is 11.7 Å². The van der Waals surface area contributed by atoms with Crippen molar-refractivity contribution in [1.82, 2.24) is 24.8 Å². The Morgan fingerprint density at radius 2 is 1.81 bits per heavy atom. The van der Waals surface area contributed by atoms with Crippen LogP contribution in [0, 0.1) is 5.92 Å². The van der Waals surface area contributed by atoms with E-state index in [1.54, 1.807) is 4.90 Å². The van der Waals surface area contributed by atoms with Gasteiger partial charge in [-0.05, 0) is 30.3 Å². The second-order valence-corrected chi connectivity index (χ2v) is 8.56. The number of ether oxygens (including phenoxy) is 1. The Balaban J connectivity index is 1.14. The van der Waals surface area contributed by atoms with Gasteiger partial charge in [-0.1, -0.05) is 0 Å². The molecule has 1 unspecified atom stereocenters. The Hall–Kier alpha value is -2.60. The minimum absolute atomic E-state index is 0.0789. The summed E-state index contributed by atoms with van der Waals surface area (Å²) in [5.41, 5.74) is 0. The maximum atomic E-state index is 12.3. The fourth-order valence-electron chi connectivity index (χ4n) is 4.59. The van der Waals surface area contributed by atoms with Gasteiger partial charge in [0.1, 0.15) is 6.10 Å². The zero-order valence-corrected chi connectivity index (χ0v) is 17.6. The Kier molecular flexibility index (Phi) is 6.76. The van der Waals surface area contributed by atoms with Gasteiger partial charge in [-0.3, -0.25) is 24.1 Å². The topological polar surface area (TPSA) is 135 Å². The maximum Gasteiger partial charge on any atom is 0.440 e. The molecular formula is C19H30N6O6. The molecule has 4 heterocycles. The molecule has 0 aromatic carbocycles. The first-order valence-electron chi connectivity index (χ1n) is 10.9. The summed E-state index contributed by atoms with van der Waals surface area (Å²) in [4.78, 5) is 44.7. The summed E-state index contributed by atoms with van der Waals surface area (Å²) in [7, 11) is 0. The van der Waals surface area contributed by atoms with E-state index in [1.165, 1.54) is 0 Å². The summed E-state index contributed by atoms with van der Waals surface area (Å²) in [5.74, 6) is -0.337. The van der Waals surface area contributed by atoms with E-state index in [4.69, 9.17) is 9.84 Å². The number of nitrogens with zero attached hydrogens (tertiary/aromatic N) is 5. The van der Waals surface area contributed by atoms with Crippen LogP contribution in [0.25, 0.3) is 0 Å². The van der Waals surface area contributed by atoms with Crippen molar-refractivity contribution < 1.29 is 24.0 Å². The van der Waals surface area contributed by atoms with Gasteiger partial charge in [-0.2, -0.15) is 0 Å². The van der Waals surface area contributed by atoms with Gasteiger partial charge in [-0.25, -0.2) is 9.59 Å². The highest BCUT2D eigenvalue weighted by atomic mass is 16.6. The van der Waals surface area contributed by atoms with Crippen molar-refractivity contribution in [2.45, 2.75) is 25.4 Å². The highest BCUT2D eigenvalue weighted by Gasteiger charge is 2.33. The molecule has 12 nitrogen and oxygen atoms in total. The first-order valence-corrected chi connectivity index (χ1v) is 10.9. The number of aromatic amines is 1. The predicted octanol–water partition coefficient (Wildman–Crippen LogP) is -0.508. The average Bonchev–Trinajstić information content (AvgIpc) is 3.33. The molecular weight excluding hydrogens is 408 g/mol. The van der Waals surface area contributed by atoms with Crippen LogP contribution in [0.3, 0.4) is 0 Å². The quantitative estimate of drug-likeness (QED) is 0.546. The van der Waals surface area contributed by atoms with Gasteiger partial charge in [0.05, 0.1) is 13.1 Å². The number of nitrogens with one attached hydrogen (secondary N) is 1. The third-order valence-corrected chi connectivity index (χ3v) is 6.39. The lowest BCUT2D eigenvalue weighted by molar-refractivity contribution is -0.138. The van der Waals surface area contributed by atoms with Gasteiger partial charge in [0, 0.05) is 52.4 Å². The van der Waals surface area contributed by atoms with E-state index >= 15 is 0 Å². The van der Waals surface area contributed by atoms with Crippen LogP contribution < -0.4 is 10.7 Å². The third kappa shape index (κ3) is 5.76. The molecule has 172 valence electrons. The number of cyclic esters (lactones) is 1. The highest BCUT2D eigenvalue weighted by molar-refractivity contribution is 5.70. The number of piperazine rings is 1. The molecule has 1 atom stereocenters. The number of aromatic nitrogens is 2. The van der Waals surface area contributed by atoms with Crippen LogP contribution in [-0.2, 0) is 9.53 Å². The molecule has 1 aromatic heterocycles. The van der Waals surface area contributed by atoms with Gasteiger partial charge in [-0.15, -0.1) is 0 Å². The molecule has 1 aromatic rings. The zero-order valence-electron chi connectivity index (χ0n) is 17.6. The molecule has 31 heavy (non-hydrogen) atoms. The summed E-state index contributed by atoms with van der Waals surface area (Å²) in [5, 5.41) is 12.6. The number of carboxylic acids is 1. The number of hydrogen-bond donors (Lipinski definition) is 2. The number of carbonyl (C=O) groups excluding carboxylic acids is 1. The number of piperidine rings is 1. The van der Waals surface area contributed by atoms with Crippen molar-refractivity contribution in [2.24, 2.45) is 5.92 Å². The molecule has 0 aliphatic carbocycles. The van der Waals surface area contributed by atoms with Crippen LogP contribution >= 0.6 is 0 Å². The number of hydrogen-bond acceptors (Lipinski definition) is 9. The molecule has 3 aliphatic heterocycles. The summed E-state index contributed by atoms with van der Waals surface area (Å²) < 4.78 is 10.1. The summed E-state index contributed by atoms with van der Waals surface area (Å²) >= 11 is 0. The molecule has 0 spiro atoms. The van der Waals surface area contributed by atoms with Crippen molar-refractivity contribution in [3.8, 4) is 0 Å². The van der Waals surface area contributed by atoms with Crippen LogP contribution in [0.4, 0.5) is 10.7 Å². The second kappa shape index (κ2) is 9.69. The van der Waals surface area contributed by atoms with E-state index in [9.17, 15) is 14.4 Å². The number of rotatable bonds is 8. The summed E-state index contributed by atoms with van der Waals surface area (Å²) in [6.07, 6.45) is 2.50. The minimum atomic E-state index is -0.799. The summed E-state index contributed by atoms with van der Waals surface area (Å²) in [6, 6.07) is 0. The largest absolute Gasteiger partial charge is 0.480 e. The molecule has 3 saturated heterocycles. The highest BCUT2D eigenvalue weighted by Crippen LogP contribution is 2.24. The Morgan fingerprint density at radius 1 is 1.10 bits per heavy atom. The molecule has 0 radical (unpaired) electrons. The van der Waals surface area contributed by atoms with Crippen molar-refractivity contribution in [3.05, 3.63) is 10.6 Å². The van der Waals surface area contributed by atoms with Gasteiger partial charge in [0.15, 0.2) is 0 Å². The maximum absolute atomic E-state index is 12.3. The third-order valence-electron chi connectivity index (χ3n) is 6.39. The Morgan fingerprint density at radius 3 is 2.45 bits per heavy atom. The van der Waals surface area contributed by atoms with Crippen molar-refractivity contribution >= 4 is 18.0 Å². The van der Waals surface area contributed by atoms with E-state index in [1.807, 2.05) is 9.80 Å². The lowest BCUT2D eigenvalue weighted by Crippen LogP contribution is -2.50. The van der Waals surface area contributed by atoms with Crippen molar-refractivity contribution in [1.29, 1.82) is 0 Å². The zero-order chi connectivity index (χ0) is 21.8. The molecule has 4 rings (SSSR count). The van der Waals surface area contributed by atoms with E-state index in [0.29, 0.717) is 31.5 Å². The molecule has 0 bridgehead atoms. The smallest absolute Gasteiger partial charge is 0.440 e. The SMILES string of the molecule is O=C(O)CN1CCN(CC2CN(CCC3CCN(c4noc(=O)[nH]4)CC3)C(=O)O2)CC1. The predicted molar refractivity (Wildman–Crippen MR) is 109 cm³/mol. The van der Waals surface area contributed by atoms with Crippen LogP contribution in [0.15, 0.2) is 9.32 Å². The summed E-state index contributed by atoms with van der Waals surface area (Å²) in [6.45, 7) is 6.68. The fraction of sp³-hybridized carbons (Fsp3) is 0.789. The number of carbonyl (C=O) groups is 2. The first-order chi connectivity index (χ1) is 15.0. The van der Waals surface area contributed by atoms with Gasteiger partial charge in [0.25, 0.3) is 0 Å². The lowest BCUT2D eigenvalue weighted by Gasteiger charge is -2.34. The van der Waals surface area contributed by atoms with Crippen LogP contribution in [-0.4, -0.2) is 114 Å². The van der Waals surface area contributed by atoms with Crippen molar-refractivity contribution in [3.63, 3.8) is 0 Å². The van der Waals surface area contributed by atoms with Crippen LogP contribution in [0.1, 0.15) is 19.3 Å². The monoisotopic (exact) mass is 438 g/mol. The van der Waals surface area contributed by atoms with Gasteiger partial charge >= 0.3 is 17.8 Å². The Bertz CT molecular complexity index is 811.